The maximum absolute atomic E-state index is 12.9. The minimum Gasteiger partial charge on any atom is -0.466 e. The summed E-state index contributed by atoms with van der Waals surface area (Å²) < 4.78 is 12.5. The van der Waals surface area contributed by atoms with Gasteiger partial charge in [-0.15, -0.1) is 47.0 Å². The topological polar surface area (TPSA) is 76.1 Å². The largest absolute Gasteiger partial charge is 0.466 e. The van der Waals surface area contributed by atoms with Crippen LogP contribution >= 0.6 is 47.0 Å². The van der Waals surface area contributed by atoms with Crippen LogP contribution in [0.4, 0.5) is 0 Å². The fourth-order valence-corrected chi connectivity index (χ4v) is 15.7. The van der Waals surface area contributed by atoms with Crippen molar-refractivity contribution in [2.24, 2.45) is 47.3 Å². The molecule has 0 aliphatic heterocycles. The number of nitrogens with zero attached hydrogens (tertiary/aromatic N) is 1. The first kappa shape index (κ1) is 64.4. The Morgan fingerprint density at radius 2 is 0.971 bits per heavy atom. The van der Waals surface area contributed by atoms with Crippen LogP contribution in [0.1, 0.15) is 235 Å². The highest BCUT2D eigenvalue weighted by molar-refractivity contribution is 8.17. The van der Waals surface area contributed by atoms with Crippen molar-refractivity contribution in [2.45, 2.75) is 244 Å². The molecule has 0 aromatic heterocycles. The standard InChI is InChI=1S/C58H111NO5S4/c1-9-22-49(7)32-42-66-57(65-41-31-48(6)10-2)29-27-55(61)63-39-20-14-12-16-35-59(37-18-19-38-60)36-17-13-15-21-40-64-56(62)28-30-58(68-44-34-54-46-53(54)25-23-47(4)5)67-43-33-50(8)24-26-52-45-51(52)11-3/h47-54,57-58,60H,9-46H2,1-8H3. The van der Waals surface area contributed by atoms with Gasteiger partial charge >= 0.3 is 11.9 Å². The van der Waals surface area contributed by atoms with Crippen molar-refractivity contribution >= 4 is 59.0 Å². The minimum atomic E-state index is -0.0257. The number of thioether (sulfide) groups is 4. The minimum absolute atomic E-state index is 0.00748. The molecule has 2 fully saturated rings. The number of hydrogen-bond acceptors (Lipinski definition) is 10. The first-order valence-electron chi connectivity index (χ1n) is 29.1. The van der Waals surface area contributed by atoms with Gasteiger partial charge in [-0.2, -0.15) is 0 Å². The van der Waals surface area contributed by atoms with Crippen LogP contribution in [-0.2, 0) is 19.1 Å². The van der Waals surface area contributed by atoms with Gasteiger partial charge in [0.15, 0.2) is 0 Å². The molecule has 0 spiro atoms. The summed E-state index contributed by atoms with van der Waals surface area (Å²) in [6, 6.07) is 0. The van der Waals surface area contributed by atoms with Gasteiger partial charge in [-0.25, -0.2) is 0 Å². The van der Waals surface area contributed by atoms with E-state index in [2.05, 4.69) is 107 Å². The zero-order valence-corrected chi connectivity index (χ0v) is 49.1. The zero-order valence-electron chi connectivity index (χ0n) is 45.8. The van der Waals surface area contributed by atoms with Gasteiger partial charge in [-0.05, 0) is 193 Å². The second kappa shape index (κ2) is 42.6. The summed E-state index contributed by atoms with van der Waals surface area (Å²) in [5.74, 6) is 11.9. The van der Waals surface area contributed by atoms with Gasteiger partial charge in [-0.3, -0.25) is 9.59 Å². The Kier molecular flexibility index (Phi) is 40.3. The van der Waals surface area contributed by atoms with E-state index in [0.29, 0.717) is 35.2 Å². The lowest BCUT2D eigenvalue weighted by Gasteiger charge is -2.22. The molecule has 0 aromatic carbocycles. The maximum atomic E-state index is 12.9. The summed E-state index contributed by atoms with van der Waals surface area (Å²) in [4.78, 5) is 28.1. The van der Waals surface area contributed by atoms with Crippen LogP contribution in [0.5, 0.6) is 0 Å². The van der Waals surface area contributed by atoms with Crippen molar-refractivity contribution in [3.05, 3.63) is 0 Å². The Morgan fingerprint density at radius 3 is 1.47 bits per heavy atom. The number of aliphatic hydroxyl groups is 1. The molecule has 6 nitrogen and oxygen atoms in total. The summed E-state index contributed by atoms with van der Waals surface area (Å²) in [5.41, 5.74) is 0. The number of unbranched alkanes of at least 4 members (excludes halogenated alkanes) is 7. The summed E-state index contributed by atoms with van der Waals surface area (Å²) in [5, 5.41) is 9.39. The molecule has 9 atom stereocenters. The highest BCUT2D eigenvalue weighted by Gasteiger charge is 2.36. The molecule has 0 amide bonds. The van der Waals surface area contributed by atoms with E-state index in [0.717, 1.165) is 144 Å². The Labute approximate surface area is 439 Å². The number of hydrogen-bond donors (Lipinski definition) is 1. The molecular formula is C58H111NO5S4. The van der Waals surface area contributed by atoms with Crippen molar-refractivity contribution in [3.8, 4) is 0 Å². The van der Waals surface area contributed by atoms with Crippen molar-refractivity contribution < 1.29 is 24.2 Å². The second-order valence-corrected chi connectivity index (χ2v) is 27.9. The fraction of sp³-hybridized carbons (Fsp3) is 0.966. The normalized spacial score (nSPS) is 20.1. The van der Waals surface area contributed by atoms with E-state index < -0.39 is 0 Å². The van der Waals surface area contributed by atoms with Gasteiger partial charge in [0.2, 0.25) is 0 Å². The first-order valence-corrected chi connectivity index (χ1v) is 33.3. The molecule has 10 heteroatoms. The van der Waals surface area contributed by atoms with Crippen LogP contribution in [-0.4, -0.2) is 93.6 Å². The monoisotopic (exact) mass is 1030 g/mol. The molecule has 2 aliphatic carbocycles. The van der Waals surface area contributed by atoms with Crippen LogP contribution in [0.2, 0.25) is 0 Å². The van der Waals surface area contributed by atoms with Crippen LogP contribution in [0.15, 0.2) is 0 Å². The zero-order chi connectivity index (χ0) is 49.6. The average Bonchev–Trinajstić information content (AvgIpc) is 4.26. The predicted octanol–water partition coefficient (Wildman–Crippen LogP) is 17.0. The number of rotatable bonds is 50. The third-order valence-corrected chi connectivity index (χ3v) is 21.1. The average molecular weight is 1030 g/mol. The number of aliphatic hydroxyl groups excluding tert-OH is 1. The van der Waals surface area contributed by atoms with E-state index in [9.17, 15) is 14.7 Å². The summed E-state index contributed by atoms with van der Waals surface area (Å²) in [6.45, 7) is 23.3. The first-order chi connectivity index (χ1) is 33.0. The molecule has 68 heavy (non-hydrogen) atoms. The number of esters is 2. The summed E-state index contributed by atoms with van der Waals surface area (Å²) in [7, 11) is 0. The van der Waals surface area contributed by atoms with Crippen molar-refractivity contribution in [1.82, 2.24) is 4.90 Å². The van der Waals surface area contributed by atoms with Gasteiger partial charge in [-0.1, -0.05) is 120 Å². The molecule has 0 aromatic rings. The van der Waals surface area contributed by atoms with E-state index >= 15 is 0 Å². The molecule has 0 heterocycles. The third-order valence-electron chi connectivity index (χ3n) is 15.1. The molecular weight excluding hydrogens is 919 g/mol. The highest BCUT2D eigenvalue weighted by atomic mass is 32.2. The van der Waals surface area contributed by atoms with Crippen LogP contribution < -0.4 is 0 Å². The smallest absolute Gasteiger partial charge is 0.305 e. The number of carbonyl (C=O) groups excluding carboxylic acids is 2. The van der Waals surface area contributed by atoms with Gasteiger partial charge in [0.05, 0.1) is 22.4 Å². The summed E-state index contributed by atoms with van der Waals surface area (Å²) in [6.07, 6.45) is 32.4. The quantitative estimate of drug-likeness (QED) is 0.0362. The van der Waals surface area contributed by atoms with Crippen molar-refractivity contribution in [2.75, 3.05) is 62.5 Å². The maximum Gasteiger partial charge on any atom is 0.305 e. The molecule has 402 valence electrons. The van der Waals surface area contributed by atoms with Crippen molar-refractivity contribution in [1.29, 1.82) is 0 Å². The molecule has 0 bridgehead atoms. The molecule has 2 saturated carbocycles. The van der Waals surface area contributed by atoms with Gasteiger partial charge in [0.1, 0.15) is 0 Å². The lowest BCUT2D eigenvalue weighted by molar-refractivity contribution is -0.144. The molecule has 2 aliphatic rings. The Balaban J connectivity index is 1.59. The Bertz CT molecular complexity index is 1200. The fourth-order valence-electron chi connectivity index (χ4n) is 9.55. The highest BCUT2D eigenvalue weighted by Crippen LogP contribution is 2.47. The molecule has 1 N–H and O–H groups in total. The third kappa shape index (κ3) is 36.2. The van der Waals surface area contributed by atoms with Crippen molar-refractivity contribution in [3.63, 3.8) is 0 Å². The lowest BCUT2D eigenvalue weighted by Crippen LogP contribution is -2.27. The second-order valence-electron chi connectivity index (χ2n) is 22.1. The molecule has 0 saturated heterocycles. The van der Waals surface area contributed by atoms with Crippen LogP contribution in [0, 0.1) is 47.3 Å². The molecule has 0 radical (unpaired) electrons. The predicted molar refractivity (Wildman–Crippen MR) is 305 cm³/mol. The van der Waals surface area contributed by atoms with Crippen LogP contribution in [0.25, 0.3) is 0 Å². The van der Waals surface area contributed by atoms with E-state index in [1.54, 1.807) is 0 Å². The SMILES string of the molecule is CCCC(C)CCSC(CCC(=O)OCCCCCCN(CCCCO)CCCCCCOC(=O)CCC(SCCC(C)CCC1CC1CC)SCCC1CC1CCC(C)C)SCCC(C)CC. The lowest BCUT2D eigenvalue weighted by atomic mass is 10.00. The summed E-state index contributed by atoms with van der Waals surface area (Å²) >= 11 is 8.37. The Morgan fingerprint density at radius 1 is 0.515 bits per heavy atom. The van der Waals surface area contributed by atoms with Gasteiger partial charge in [0, 0.05) is 19.4 Å². The van der Waals surface area contributed by atoms with Gasteiger partial charge < -0.3 is 19.5 Å². The van der Waals surface area contributed by atoms with Crippen LogP contribution in [0.3, 0.4) is 0 Å². The Hall–Kier alpha value is 0.260. The van der Waals surface area contributed by atoms with E-state index in [4.69, 9.17) is 9.47 Å². The number of ether oxygens (including phenoxy) is 2. The molecule has 2 rings (SSSR count). The molecule has 9 unspecified atom stereocenters. The van der Waals surface area contributed by atoms with E-state index in [-0.39, 0.29) is 18.5 Å². The number of carbonyl (C=O) groups is 2. The van der Waals surface area contributed by atoms with Gasteiger partial charge in [0.25, 0.3) is 0 Å². The van der Waals surface area contributed by atoms with E-state index in [1.165, 1.54) is 113 Å². The van der Waals surface area contributed by atoms with E-state index in [1.807, 2.05) is 0 Å².